The average molecular weight is 243 g/mol. The van der Waals surface area contributed by atoms with E-state index in [-0.39, 0.29) is 5.75 Å². The molecule has 0 saturated carbocycles. The third-order valence-electron chi connectivity index (χ3n) is 2.03. The molecule has 0 amide bonds. The average Bonchev–Trinajstić information content (AvgIpc) is 2.56. The second-order valence-electron chi connectivity index (χ2n) is 3.92. The Balaban J connectivity index is 2.77. The van der Waals surface area contributed by atoms with Crippen molar-refractivity contribution in [2.75, 3.05) is 5.75 Å². The Morgan fingerprint density at radius 3 is 2.69 bits per heavy atom. The summed E-state index contributed by atoms with van der Waals surface area (Å²) in [6.07, 6.45) is 0.870. The summed E-state index contributed by atoms with van der Waals surface area (Å²) in [5.74, 6) is 0.651. The standard InChI is InChI=1S/C10H17N3O2S/c1-4-13-8(5-7(2)3)11-12-10(13)16-6-9(14)15/h7H,4-6H2,1-3H3,(H,14,15). The van der Waals surface area contributed by atoms with Gasteiger partial charge in [0.15, 0.2) is 5.16 Å². The van der Waals surface area contributed by atoms with Crippen LogP contribution in [0.2, 0.25) is 0 Å². The number of nitrogens with zero attached hydrogens (tertiary/aromatic N) is 3. The Morgan fingerprint density at radius 1 is 1.50 bits per heavy atom. The van der Waals surface area contributed by atoms with E-state index in [1.807, 2.05) is 11.5 Å². The minimum Gasteiger partial charge on any atom is -0.481 e. The number of hydrogen-bond donors (Lipinski definition) is 1. The summed E-state index contributed by atoms with van der Waals surface area (Å²) in [7, 11) is 0. The van der Waals surface area contributed by atoms with Crippen molar-refractivity contribution < 1.29 is 9.90 Å². The summed E-state index contributed by atoms with van der Waals surface area (Å²) in [4.78, 5) is 10.5. The zero-order valence-electron chi connectivity index (χ0n) is 9.80. The van der Waals surface area contributed by atoms with Gasteiger partial charge >= 0.3 is 5.97 Å². The maximum Gasteiger partial charge on any atom is 0.313 e. The lowest BCUT2D eigenvalue weighted by Crippen LogP contribution is -2.07. The molecular weight excluding hydrogens is 226 g/mol. The molecule has 0 spiro atoms. The molecule has 0 aromatic carbocycles. The molecule has 0 aliphatic heterocycles. The van der Waals surface area contributed by atoms with Gasteiger partial charge in [0.25, 0.3) is 0 Å². The van der Waals surface area contributed by atoms with Crippen LogP contribution in [0.5, 0.6) is 0 Å². The number of aromatic nitrogens is 3. The molecule has 1 heterocycles. The van der Waals surface area contributed by atoms with E-state index < -0.39 is 5.97 Å². The van der Waals surface area contributed by atoms with Gasteiger partial charge < -0.3 is 9.67 Å². The molecule has 1 aromatic heterocycles. The number of carboxylic acid groups (broad SMARTS) is 1. The molecule has 0 bridgehead atoms. The first-order chi connectivity index (χ1) is 7.54. The molecule has 0 aliphatic carbocycles. The summed E-state index contributed by atoms with van der Waals surface area (Å²) in [5, 5.41) is 17.4. The highest BCUT2D eigenvalue weighted by molar-refractivity contribution is 7.99. The molecule has 1 aromatic rings. The van der Waals surface area contributed by atoms with Gasteiger partial charge in [-0.05, 0) is 12.8 Å². The second-order valence-corrected chi connectivity index (χ2v) is 4.87. The minimum absolute atomic E-state index is 0.0276. The van der Waals surface area contributed by atoms with E-state index in [9.17, 15) is 4.79 Å². The lowest BCUT2D eigenvalue weighted by atomic mass is 10.1. The normalized spacial score (nSPS) is 11.0. The minimum atomic E-state index is -0.832. The van der Waals surface area contributed by atoms with Gasteiger partial charge in [0, 0.05) is 13.0 Å². The predicted octanol–water partition coefficient (Wildman–Crippen LogP) is 1.67. The number of hydrogen-bond acceptors (Lipinski definition) is 4. The fourth-order valence-corrected chi connectivity index (χ4v) is 2.13. The zero-order valence-corrected chi connectivity index (χ0v) is 10.6. The third kappa shape index (κ3) is 3.52. The smallest absolute Gasteiger partial charge is 0.313 e. The summed E-state index contributed by atoms with van der Waals surface area (Å²) < 4.78 is 1.98. The maximum atomic E-state index is 10.5. The highest BCUT2D eigenvalue weighted by Gasteiger charge is 2.13. The van der Waals surface area contributed by atoms with Crippen molar-refractivity contribution in [3.63, 3.8) is 0 Å². The number of aliphatic carboxylic acids is 1. The van der Waals surface area contributed by atoms with Gasteiger partial charge in [0.05, 0.1) is 5.75 Å². The van der Waals surface area contributed by atoms with Crippen LogP contribution >= 0.6 is 11.8 Å². The first-order valence-corrected chi connectivity index (χ1v) is 6.29. The predicted molar refractivity (Wildman–Crippen MR) is 62.6 cm³/mol. The van der Waals surface area contributed by atoms with Crippen molar-refractivity contribution in [2.24, 2.45) is 5.92 Å². The molecule has 16 heavy (non-hydrogen) atoms. The van der Waals surface area contributed by atoms with Crippen molar-refractivity contribution in [1.29, 1.82) is 0 Å². The van der Waals surface area contributed by atoms with E-state index in [2.05, 4.69) is 24.0 Å². The number of carboxylic acids is 1. The number of carbonyl (C=O) groups is 1. The van der Waals surface area contributed by atoms with Crippen LogP contribution in [0.15, 0.2) is 5.16 Å². The van der Waals surface area contributed by atoms with Crippen LogP contribution < -0.4 is 0 Å². The highest BCUT2D eigenvalue weighted by Crippen LogP contribution is 2.18. The molecule has 1 rings (SSSR count). The quantitative estimate of drug-likeness (QED) is 0.770. The van der Waals surface area contributed by atoms with Gasteiger partial charge in [-0.15, -0.1) is 10.2 Å². The molecule has 0 unspecified atom stereocenters. The Hall–Kier alpha value is -1.04. The second kappa shape index (κ2) is 5.89. The van der Waals surface area contributed by atoms with Crippen molar-refractivity contribution in [1.82, 2.24) is 14.8 Å². The zero-order chi connectivity index (χ0) is 12.1. The molecular formula is C10H17N3O2S. The maximum absolute atomic E-state index is 10.5. The Morgan fingerprint density at radius 2 is 2.19 bits per heavy atom. The van der Waals surface area contributed by atoms with E-state index in [0.717, 1.165) is 18.8 Å². The highest BCUT2D eigenvalue weighted by atomic mass is 32.2. The Labute approximate surface area is 99.3 Å². The SMILES string of the molecule is CCn1c(CC(C)C)nnc1SCC(=O)O. The van der Waals surface area contributed by atoms with Gasteiger partial charge in [0.2, 0.25) is 0 Å². The lowest BCUT2D eigenvalue weighted by molar-refractivity contribution is -0.133. The van der Waals surface area contributed by atoms with Gasteiger partial charge in [-0.1, -0.05) is 25.6 Å². The largest absolute Gasteiger partial charge is 0.481 e. The monoisotopic (exact) mass is 243 g/mol. The summed E-state index contributed by atoms with van der Waals surface area (Å²) in [6.45, 7) is 7.03. The molecule has 5 nitrogen and oxygen atoms in total. The van der Waals surface area contributed by atoms with Crippen LogP contribution in [0.1, 0.15) is 26.6 Å². The van der Waals surface area contributed by atoms with E-state index in [1.54, 1.807) is 0 Å². The van der Waals surface area contributed by atoms with E-state index in [1.165, 1.54) is 11.8 Å². The topological polar surface area (TPSA) is 68.0 Å². The fraction of sp³-hybridized carbons (Fsp3) is 0.700. The molecule has 0 saturated heterocycles. The van der Waals surface area contributed by atoms with Crippen LogP contribution in [0.3, 0.4) is 0 Å². The van der Waals surface area contributed by atoms with E-state index >= 15 is 0 Å². The van der Waals surface area contributed by atoms with Gasteiger partial charge in [-0.2, -0.15) is 0 Å². The van der Waals surface area contributed by atoms with Crippen molar-refractivity contribution in [2.45, 2.75) is 38.9 Å². The number of rotatable bonds is 6. The molecule has 90 valence electrons. The molecule has 1 N–H and O–H groups in total. The molecule has 0 fully saturated rings. The Bertz CT molecular complexity index is 363. The van der Waals surface area contributed by atoms with Crippen molar-refractivity contribution in [3.8, 4) is 0 Å². The fourth-order valence-electron chi connectivity index (χ4n) is 1.39. The van der Waals surface area contributed by atoms with Crippen LogP contribution in [0.4, 0.5) is 0 Å². The van der Waals surface area contributed by atoms with Crippen LogP contribution in [-0.4, -0.2) is 31.6 Å². The van der Waals surface area contributed by atoms with Crippen LogP contribution in [0.25, 0.3) is 0 Å². The summed E-state index contributed by atoms with van der Waals surface area (Å²) in [5.41, 5.74) is 0. The van der Waals surface area contributed by atoms with E-state index in [0.29, 0.717) is 11.1 Å². The van der Waals surface area contributed by atoms with Crippen molar-refractivity contribution in [3.05, 3.63) is 5.82 Å². The van der Waals surface area contributed by atoms with Crippen LogP contribution in [0, 0.1) is 5.92 Å². The van der Waals surface area contributed by atoms with E-state index in [4.69, 9.17) is 5.11 Å². The summed E-state index contributed by atoms with van der Waals surface area (Å²) >= 11 is 1.22. The van der Waals surface area contributed by atoms with Gasteiger partial charge in [-0.3, -0.25) is 4.79 Å². The van der Waals surface area contributed by atoms with Crippen molar-refractivity contribution >= 4 is 17.7 Å². The third-order valence-corrected chi connectivity index (χ3v) is 2.98. The molecule has 0 radical (unpaired) electrons. The molecule has 0 atom stereocenters. The van der Waals surface area contributed by atoms with Gasteiger partial charge in [0.1, 0.15) is 5.82 Å². The Kier molecular flexibility index (Phi) is 4.79. The molecule has 6 heteroatoms. The van der Waals surface area contributed by atoms with Gasteiger partial charge in [-0.25, -0.2) is 0 Å². The molecule has 0 aliphatic rings. The first-order valence-electron chi connectivity index (χ1n) is 5.31. The first kappa shape index (κ1) is 13.0. The lowest BCUT2D eigenvalue weighted by Gasteiger charge is -2.07. The number of thioether (sulfide) groups is 1. The van der Waals surface area contributed by atoms with Crippen LogP contribution in [-0.2, 0) is 17.8 Å². The summed E-state index contributed by atoms with van der Waals surface area (Å²) in [6, 6.07) is 0.